The van der Waals surface area contributed by atoms with Crippen LogP contribution in [0.4, 0.5) is 4.39 Å². The maximum absolute atomic E-state index is 14.7. The van der Waals surface area contributed by atoms with Crippen LogP contribution in [-0.2, 0) is 6.54 Å². The maximum Gasteiger partial charge on any atom is 0.350 e. The summed E-state index contributed by atoms with van der Waals surface area (Å²) < 4.78 is 16.6. The fourth-order valence-electron chi connectivity index (χ4n) is 2.86. The van der Waals surface area contributed by atoms with Crippen LogP contribution in [0.3, 0.4) is 0 Å². The van der Waals surface area contributed by atoms with E-state index in [1.54, 1.807) is 5.38 Å². The van der Waals surface area contributed by atoms with Crippen LogP contribution in [-0.4, -0.2) is 14.2 Å². The Balaban J connectivity index is 2.14. The highest BCUT2D eigenvalue weighted by Gasteiger charge is 2.31. The second-order valence-corrected chi connectivity index (χ2v) is 7.15. The van der Waals surface area contributed by atoms with Crippen LogP contribution in [0.2, 0.25) is 5.02 Å². The summed E-state index contributed by atoms with van der Waals surface area (Å²) in [6, 6.07) is 0.957. The summed E-state index contributed by atoms with van der Waals surface area (Å²) in [6.45, 7) is 0.224. The van der Waals surface area contributed by atoms with E-state index in [0.29, 0.717) is 15.4 Å². The van der Waals surface area contributed by atoms with Crippen LogP contribution in [0.1, 0.15) is 23.9 Å². The van der Waals surface area contributed by atoms with Crippen molar-refractivity contribution >= 4 is 33.8 Å². The molecule has 7 nitrogen and oxygen atoms in total. The molecule has 0 unspecified atom stereocenters. The van der Waals surface area contributed by atoms with Gasteiger partial charge in [-0.2, -0.15) is 4.68 Å². The van der Waals surface area contributed by atoms with Gasteiger partial charge in [-0.3, -0.25) is 9.36 Å². The summed E-state index contributed by atoms with van der Waals surface area (Å²) in [5, 5.41) is 2.21. The molecule has 1 fully saturated rings. The minimum absolute atomic E-state index is 0.0226. The fraction of sp³-hybridized carbons (Fsp3) is 0.267. The van der Waals surface area contributed by atoms with E-state index in [2.05, 4.69) is 4.98 Å². The predicted molar refractivity (Wildman–Crippen MR) is 94.9 cm³/mol. The Morgan fingerprint density at radius 1 is 1.40 bits per heavy atom. The predicted octanol–water partition coefficient (Wildman–Crippen LogP) is 1.59. The lowest BCUT2D eigenvalue weighted by molar-refractivity contribution is 0.628. The highest BCUT2D eigenvalue weighted by molar-refractivity contribution is 7.09. The van der Waals surface area contributed by atoms with Crippen molar-refractivity contribution in [2.45, 2.75) is 25.4 Å². The first-order valence-electron chi connectivity index (χ1n) is 7.53. The van der Waals surface area contributed by atoms with Crippen LogP contribution in [0.25, 0.3) is 22.2 Å². The molecule has 10 heteroatoms. The van der Waals surface area contributed by atoms with Crippen molar-refractivity contribution in [2.24, 2.45) is 5.73 Å². The number of nitrogen functional groups attached to an aromatic ring is 1. The lowest BCUT2D eigenvalue weighted by Crippen LogP contribution is -2.44. The van der Waals surface area contributed by atoms with E-state index < -0.39 is 17.1 Å². The average Bonchev–Trinajstić information content (AvgIpc) is 3.31. The minimum Gasteiger partial charge on any atom is -0.332 e. The third-order valence-electron chi connectivity index (χ3n) is 4.19. The molecule has 4 rings (SSSR count). The molecule has 2 heterocycles. The second kappa shape index (κ2) is 5.65. The second-order valence-electron chi connectivity index (χ2n) is 5.83. The van der Waals surface area contributed by atoms with Crippen LogP contribution in [0, 0.1) is 5.82 Å². The summed E-state index contributed by atoms with van der Waals surface area (Å²) >= 11 is 7.73. The SMILES string of the molecule is NCc1nc(-c2c(F)cc3c(=O)n(N)c(=O)n(C4CC4)c3c2Cl)cs1. The van der Waals surface area contributed by atoms with Crippen molar-refractivity contribution in [2.75, 3.05) is 5.84 Å². The van der Waals surface area contributed by atoms with Crippen molar-refractivity contribution in [3.63, 3.8) is 0 Å². The molecule has 0 bridgehead atoms. The van der Waals surface area contributed by atoms with E-state index in [9.17, 15) is 14.0 Å². The number of hydrogen-bond acceptors (Lipinski definition) is 6. The maximum atomic E-state index is 14.7. The van der Waals surface area contributed by atoms with Gasteiger partial charge >= 0.3 is 5.69 Å². The van der Waals surface area contributed by atoms with Crippen LogP contribution >= 0.6 is 22.9 Å². The summed E-state index contributed by atoms with van der Waals surface area (Å²) in [4.78, 5) is 29.0. The van der Waals surface area contributed by atoms with Gasteiger partial charge in [0.25, 0.3) is 5.56 Å². The molecule has 130 valence electrons. The van der Waals surface area contributed by atoms with Gasteiger partial charge in [-0.25, -0.2) is 14.2 Å². The Kier molecular flexibility index (Phi) is 3.67. The number of hydrogen-bond donors (Lipinski definition) is 2. The molecule has 0 amide bonds. The number of thiazole rings is 1. The zero-order chi connectivity index (χ0) is 17.9. The van der Waals surface area contributed by atoms with Gasteiger partial charge in [-0.1, -0.05) is 11.6 Å². The number of benzene rings is 1. The highest BCUT2D eigenvalue weighted by atomic mass is 35.5. The molecule has 0 spiro atoms. The van der Waals surface area contributed by atoms with Crippen molar-refractivity contribution in [3.05, 3.63) is 48.1 Å². The third-order valence-corrected chi connectivity index (χ3v) is 5.43. The Bertz CT molecular complexity index is 1130. The number of rotatable bonds is 3. The first-order chi connectivity index (χ1) is 11.9. The van der Waals surface area contributed by atoms with E-state index in [1.165, 1.54) is 15.9 Å². The topological polar surface area (TPSA) is 109 Å². The van der Waals surface area contributed by atoms with E-state index in [-0.39, 0.29) is 34.1 Å². The molecule has 1 aromatic carbocycles. The molecule has 1 saturated carbocycles. The average molecular weight is 382 g/mol. The Labute approximate surface area is 149 Å². The largest absolute Gasteiger partial charge is 0.350 e. The molecule has 4 N–H and O–H groups in total. The van der Waals surface area contributed by atoms with Gasteiger partial charge in [-0.05, 0) is 18.9 Å². The number of nitrogens with zero attached hydrogens (tertiary/aromatic N) is 3. The van der Waals surface area contributed by atoms with Crippen LogP contribution in [0.5, 0.6) is 0 Å². The van der Waals surface area contributed by atoms with Gasteiger partial charge in [0.1, 0.15) is 10.8 Å². The summed E-state index contributed by atoms with van der Waals surface area (Å²) in [5.41, 5.74) is 4.67. The zero-order valence-electron chi connectivity index (χ0n) is 12.8. The van der Waals surface area contributed by atoms with Gasteiger partial charge in [0.2, 0.25) is 0 Å². The Hall–Kier alpha value is -2.23. The monoisotopic (exact) mass is 381 g/mol. The first kappa shape index (κ1) is 16.2. The Morgan fingerprint density at radius 2 is 2.12 bits per heavy atom. The highest BCUT2D eigenvalue weighted by Crippen LogP contribution is 2.40. The lowest BCUT2D eigenvalue weighted by atomic mass is 10.1. The normalized spacial score (nSPS) is 14.4. The van der Waals surface area contributed by atoms with E-state index >= 15 is 0 Å². The molecular formula is C15H13ClFN5O2S. The van der Waals surface area contributed by atoms with Gasteiger partial charge in [0, 0.05) is 18.0 Å². The van der Waals surface area contributed by atoms with Crippen LogP contribution in [0.15, 0.2) is 21.0 Å². The number of nitrogens with two attached hydrogens (primary N) is 2. The minimum atomic E-state index is -0.787. The third kappa shape index (κ3) is 2.38. The summed E-state index contributed by atoms with van der Waals surface area (Å²) in [7, 11) is 0. The van der Waals surface area contributed by atoms with Gasteiger partial charge in [0.15, 0.2) is 0 Å². The summed E-state index contributed by atoms with van der Waals surface area (Å²) in [5.74, 6) is 4.86. The van der Waals surface area contributed by atoms with Crippen molar-refractivity contribution in [1.29, 1.82) is 0 Å². The van der Waals surface area contributed by atoms with E-state index in [1.807, 2.05) is 0 Å². The standard InChI is InChI=1S/C15H13ClFN5O2S/c16-12-11(9-5-25-10(4-18)20-9)8(17)3-7-13(12)21(6-1-2-6)15(24)22(19)14(7)23/h3,5-6H,1-2,4,18-19H2. The molecule has 2 aromatic heterocycles. The number of halogens is 2. The molecule has 3 aromatic rings. The number of fused-ring (bicyclic) bond motifs is 1. The van der Waals surface area contributed by atoms with Gasteiger partial charge in [0.05, 0.1) is 27.2 Å². The molecule has 0 atom stereocenters. The van der Waals surface area contributed by atoms with Gasteiger partial charge < -0.3 is 11.6 Å². The van der Waals surface area contributed by atoms with E-state index in [0.717, 1.165) is 18.9 Å². The molecule has 1 aliphatic carbocycles. The molecular weight excluding hydrogens is 369 g/mol. The lowest BCUT2D eigenvalue weighted by Gasteiger charge is -2.14. The first-order valence-corrected chi connectivity index (χ1v) is 8.79. The quantitative estimate of drug-likeness (QED) is 0.669. The molecule has 0 aliphatic heterocycles. The van der Waals surface area contributed by atoms with E-state index in [4.69, 9.17) is 23.2 Å². The molecule has 0 saturated heterocycles. The van der Waals surface area contributed by atoms with Crippen molar-refractivity contribution < 1.29 is 4.39 Å². The Morgan fingerprint density at radius 3 is 2.72 bits per heavy atom. The molecule has 0 radical (unpaired) electrons. The van der Waals surface area contributed by atoms with Crippen molar-refractivity contribution in [3.8, 4) is 11.3 Å². The van der Waals surface area contributed by atoms with Gasteiger partial charge in [-0.15, -0.1) is 11.3 Å². The summed E-state index contributed by atoms with van der Waals surface area (Å²) in [6.07, 6.45) is 1.54. The molecule has 1 aliphatic rings. The van der Waals surface area contributed by atoms with Crippen molar-refractivity contribution in [1.82, 2.24) is 14.2 Å². The smallest absolute Gasteiger partial charge is 0.332 e. The zero-order valence-corrected chi connectivity index (χ0v) is 14.4. The van der Waals surface area contributed by atoms with Crippen LogP contribution < -0.4 is 22.8 Å². The fourth-order valence-corrected chi connectivity index (χ4v) is 3.91. The molecule has 25 heavy (non-hydrogen) atoms. The number of aromatic nitrogens is 3.